The summed E-state index contributed by atoms with van der Waals surface area (Å²) in [5.41, 5.74) is -5.75. The maximum Gasteiger partial charge on any atom is 0.522 e. The van der Waals surface area contributed by atoms with Gasteiger partial charge in [-0.1, -0.05) is 0 Å². The highest BCUT2D eigenvalue weighted by Gasteiger charge is 2.44. The monoisotopic (exact) mass is 380 g/mol. The Morgan fingerprint density at radius 2 is 1.54 bits per heavy atom. The zero-order chi connectivity index (χ0) is 19.5. The molecule has 0 heterocycles. The molecule has 0 spiro atoms. The average molecular weight is 380 g/mol. The Kier molecular flexibility index (Phi) is 6.85. The van der Waals surface area contributed by atoms with Gasteiger partial charge in [-0.25, -0.2) is 9.18 Å². The number of carbonyl (C=O) groups is 1. The summed E-state index contributed by atoms with van der Waals surface area (Å²) in [4.78, 5) is 11.1. The maximum absolute atomic E-state index is 13.7. The van der Waals surface area contributed by atoms with Crippen molar-refractivity contribution in [2.75, 3.05) is 28.3 Å². The van der Waals surface area contributed by atoms with Crippen LogP contribution in [0.5, 0.6) is 0 Å². The normalized spacial score (nSPS) is 12.2. The Morgan fingerprint density at radius 3 is 1.83 bits per heavy atom. The van der Waals surface area contributed by atoms with Crippen molar-refractivity contribution in [1.82, 2.24) is 4.48 Å². The van der Waals surface area contributed by atoms with Gasteiger partial charge in [0.2, 0.25) is 5.82 Å². The molecule has 1 aromatic rings. The highest BCUT2D eigenvalue weighted by molar-refractivity contribution is 7.86. The van der Waals surface area contributed by atoms with Crippen LogP contribution in [0.4, 0.5) is 27.6 Å². The van der Waals surface area contributed by atoms with Crippen molar-refractivity contribution in [1.29, 1.82) is 0 Å². The van der Waals surface area contributed by atoms with Crippen molar-refractivity contribution in [3.63, 3.8) is 0 Å². The van der Waals surface area contributed by atoms with Crippen LogP contribution in [0.3, 0.4) is 0 Å². The number of halogens is 5. The Balaban J connectivity index is 0.000000561. The van der Waals surface area contributed by atoms with Crippen molar-refractivity contribution in [2.24, 2.45) is 0 Å². The summed E-state index contributed by atoms with van der Waals surface area (Å²) < 4.78 is 89.2. The van der Waals surface area contributed by atoms with Crippen molar-refractivity contribution in [3.05, 3.63) is 29.3 Å². The molecule has 0 amide bonds. The fraction of sp³-hybridized carbons (Fsp3) is 0.417. The highest BCUT2D eigenvalue weighted by atomic mass is 32.2. The largest absolute Gasteiger partial charge is 0.522 e. The molecule has 1 aromatic carbocycles. The fourth-order valence-corrected chi connectivity index (χ4v) is 1.32. The van der Waals surface area contributed by atoms with Crippen LogP contribution in [-0.4, -0.2) is 52.7 Å². The Labute approximate surface area is 134 Å². The molecule has 0 saturated carbocycles. The van der Waals surface area contributed by atoms with Gasteiger partial charge in [-0.05, 0) is 6.07 Å². The lowest BCUT2D eigenvalue weighted by atomic mass is 10.1. The summed E-state index contributed by atoms with van der Waals surface area (Å²) in [7, 11) is 0.390. The summed E-state index contributed by atoms with van der Waals surface area (Å²) in [5, 5.41) is 0. The van der Waals surface area contributed by atoms with Gasteiger partial charge in [-0.2, -0.15) is 26.0 Å². The van der Waals surface area contributed by atoms with Crippen molar-refractivity contribution < 1.29 is 44.5 Å². The van der Waals surface area contributed by atoms with Crippen molar-refractivity contribution in [3.8, 4) is 0 Å². The zero-order valence-corrected chi connectivity index (χ0v) is 13.8. The molecule has 0 saturated heterocycles. The molecule has 0 aliphatic rings. The van der Waals surface area contributed by atoms with Gasteiger partial charge in [0.25, 0.3) is 0 Å². The molecule has 0 aromatic heterocycles. The standard InChI is InChI=1S/C11H14F2NO2.CHF3O3S/c1-14(2,3)8-6-5-7(11(15)16-4)9(12)10(8)13;2-1(3,4)8(5,6)7/h5-6H,1-4H3;(H,5,6,7)/q+1;. The number of hydrogen-bond donors (Lipinski definition) is 1. The second-order valence-electron chi connectivity index (χ2n) is 5.19. The first kappa shape index (κ1) is 22.2. The number of methoxy groups -OCH3 is 1. The number of alkyl halides is 3. The third-order valence-corrected chi connectivity index (χ3v) is 3.07. The molecule has 0 unspecified atom stereocenters. The molecule has 24 heavy (non-hydrogen) atoms. The van der Waals surface area contributed by atoms with E-state index in [1.807, 2.05) is 0 Å². The lowest BCUT2D eigenvalue weighted by Gasteiger charge is -2.24. The Hall–Kier alpha value is -1.79. The SMILES string of the molecule is COC(=O)c1ccc([N+](C)(C)C)c(F)c1F.O=S(=O)(O)C(F)(F)F. The van der Waals surface area contributed by atoms with Gasteiger partial charge < -0.3 is 4.74 Å². The van der Waals surface area contributed by atoms with Gasteiger partial charge in [0.15, 0.2) is 11.5 Å². The second-order valence-corrected chi connectivity index (χ2v) is 6.60. The van der Waals surface area contributed by atoms with Crippen LogP contribution in [0.2, 0.25) is 0 Å². The number of ether oxygens (including phenoxy) is 1. The van der Waals surface area contributed by atoms with Crippen LogP contribution in [0, 0.1) is 11.6 Å². The molecule has 6 nitrogen and oxygen atoms in total. The lowest BCUT2D eigenvalue weighted by molar-refractivity contribution is -0.0510. The third-order valence-electron chi connectivity index (χ3n) is 2.48. The highest BCUT2D eigenvalue weighted by Crippen LogP contribution is 2.26. The minimum Gasteiger partial charge on any atom is -0.465 e. The maximum atomic E-state index is 13.7. The predicted octanol–water partition coefficient (Wildman–Crippen LogP) is 2.34. The number of nitrogens with zero attached hydrogens (tertiary/aromatic N) is 1. The van der Waals surface area contributed by atoms with E-state index >= 15 is 0 Å². The smallest absolute Gasteiger partial charge is 0.465 e. The first-order valence-electron chi connectivity index (χ1n) is 5.96. The summed E-state index contributed by atoms with van der Waals surface area (Å²) in [6.45, 7) is 0. The number of rotatable bonds is 2. The average Bonchev–Trinajstić information content (AvgIpc) is 2.38. The van der Waals surface area contributed by atoms with E-state index in [4.69, 9.17) is 13.0 Å². The van der Waals surface area contributed by atoms with Crippen LogP contribution >= 0.6 is 0 Å². The molecule has 0 aliphatic carbocycles. The third kappa shape index (κ3) is 5.69. The van der Waals surface area contributed by atoms with Crippen LogP contribution in [0.1, 0.15) is 10.4 Å². The number of quaternary nitrogens is 1. The minimum absolute atomic E-state index is 0.129. The molecule has 12 heteroatoms. The van der Waals surface area contributed by atoms with E-state index in [1.165, 1.54) is 12.1 Å². The quantitative estimate of drug-likeness (QED) is 0.280. The number of hydrogen-bond acceptors (Lipinski definition) is 4. The van der Waals surface area contributed by atoms with E-state index in [-0.39, 0.29) is 10.2 Å². The van der Waals surface area contributed by atoms with Crippen molar-refractivity contribution >= 4 is 21.8 Å². The summed E-state index contributed by atoms with van der Waals surface area (Å²) in [5.74, 6) is -3.07. The molecular formula is C12H15F5NO5S+. The van der Waals surface area contributed by atoms with Crippen LogP contribution in [-0.2, 0) is 14.9 Å². The molecule has 138 valence electrons. The van der Waals surface area contributed by atoms with E-state index in [0.29, 0.717) is 0 Å². The first-order valence-corrected chi connectivity index (χ1v) is 7.40. The van der Waals surface area contributed by atoms with Gasteiger partial charge in [-0.3, -0.25) is 9.04 Å². The predicted molar refractivity (Wildman–Crippen MR) is 74.9 cm³/mol. The number of benzene rings is 1. The van der Waals surface area contributed by atoms with Gasteiger partial charge in [0.05, 0.1) is 33.8 Å². The zero-order valence-electron chi connectivity index (χ0n) is 13.0. The van der Waals surface area contributed by atoms with Crippen molar-refractivity contribution in [2.45, 2.75) is 5.51 Å². The Bertz CT molecular complexity index is 710. The first-order chi connectivity index (χ1) is 10.5. The number of esters is 1. The number of carbonyl (C=O) groups excluding carboxylic acids is 1. The topological polar surface area (TPSA) is 80.7 Å². The lowest BCUT2D eigenvalue weighted by Crippen LogP contribution is -2.36. The van der Waals surface area contributed by atoms with E-state index in [2.05, 4.69) is 4.74 Å². The molecule has 1 N–H and O–H groups in total. The van der Waals surface area contributed by atoms with Crippen LogP contribution in [0.25, 0.3) is 0 Å². The Morgan fingerprint density at radius 1 is 1.12 bits per heavy atom. The molecule has 0 fully saturated rings. The molecular weight excluding hydrogens is 365 g/mol. The molecule has 0 aliphatic heterocycles. The molecule has 1 rings (SSSR count). The summed E-state index contributed by atoms with van der Waals surface area (Å²) in [6.07, 6.45) is 0. The molecule has 0 bridgehead atoms. The van der Waals surface area contributed by atoms with Crippen LogP contribution in [0.15, 0.2) is 12.1 Å². The van der Waals surface area contributed by atoms with Gasteiger partial charge in [0.1, 0.15) is 0 Å². The van der Waals surface area contributed by atoms with Gasteiger partial charge in [-0.15, -0.1) is 0 Å². The molecule has 0 atom stereocenters. The van der Waals surface area contributed by atoms with E-state index in [0.717, 1.165) is 7.11 Å². The van der Waals surface area contributed by atoms with E-state index in [9.17, 15) is 26.7 Å². The second kappa shape index (κ2) is 7.40. The minimum atomic E-state index is -5.84. The summed E-state index contributed by atoms with van der Waals surface area (Å²) in [6, 6.07) is 2.60. The van der Waals surface area contributed by atoms with Gasteiger partial charge >= 0.3 is 21.6 Å². The summed E-state index contributed by atoms with van der Waals surface area (Å²) >= 11 is 0. The van der Waals surface area contributed by atoms with Gasteiger partial charge in [0, 0.05) is 6.07 Å². The molecule has 0 radical (unpaired) electrons. The van der Waals surface area contributed by atoms with E-state index < -0.39 is 38.8 Å². The van der Waals surface area contributed by atoms with Crippen LogP contribution < -0.4 is 4.48 Å². The van der Waals surface area contributed by atoms with E-state index in [1.54, 1.807) is 21.1 Å². The fourth-order valence-electron chi connectivity index (χ4n) is 1.32.